The van der Waals surface area contributed by atoms with Crippen molar-refractivity contribution in [2.45, 2.75) is 102 Å². The van der Waals surface area contributed by atoms with E-state index in [2.05, 4.69) is 31.3 Å². The summed E-state index contributed by atoms with van der Waals surface area (Å²) in [5, 5.41) is 12.3. The Balaban J connectivity index is 1.49. The normalized spacial score (nSPS) is 37.3. The fourth-order valence-electron chi connectivity index (χ4n) is 4.80. The second kappa shape index (κ2) is 11.6. The summed E-state index contributed by atoms with van der Waals surface area (Å²) in [4.78, 5) is 23.4. The van der Waals surface area contributed by atoms with Crippen molar-refractivity contribution in [3.63, 3.8) is 0 Å². The molecule has 0 saturated carbocycles. The number of rotatable bonds is 9. The van der Waals surface area contributed by atoms with Crippen molar-refractivity contribution >= 4 is 11.8 Å². The average Bonchev–Trinajstić information content (AvgIpc) is 3.49. The Hall–Kier alpha value is -2.00. The van der Waals surface area contributed by atoms with Crippen LogP contribution in [0.4, 0.5) is 0 Å². The Labute approximate surface area is 202 Å². The van der Waals surface area contributed by atoms with Crippen molar-refractivity contribution in [2.75, 3.05) is 6.61 Å². The van der Waals surface area contributed by atoms with Gasteiger partial charge in [-0.2, -0.15) is 0 Å². The maximum Gasteiger partial charge on any atom is 0.244 e. The summed E-state index contributed by atoms with van der Waals surface area (Å²) in [6, 6.07) is -0.0591. The zero-order chi connectivity index (χ0) is 24.9. The molecule has 0 radical (unpaired) electrons. The molecule has 190 valence electrons. The van der Waals surface area contributed by atoms with Gasteiger partial charge in [0.05, 0.1) is 55.2 Å². The van der Waals surface area contributed by atoms with Crippen LogP contribution in [0.3, 0.4) is 0 Å². The first-order valence-corrected chi connectivity index (χ1v) is 12.3. The number of aliphatic hydroxyl groups is 1. The number of epoxide rings is 1. The van der Waals surface area contributed by atoms with E-state index in [1.165, 1.54) is 12.2 Å². The van der Waals surface area contributed by atoms with Crippen molar-refractivity contribution in [2.24, 2.45) is 11.7 Å². The number of aliphatic hydroxyl groups excluding tert-OH is 1. The number of nitrogens with one attached hydrogen (secondary N) is 1. The van der Waals surface area contributed by atoms with Gasteiger partial charge in [-0.15, -0.1) is 0 Å². The summed E-state index contributed by atoms with van der Waals surface area (Å²) >= 11 is 0. The van der Waals surface area contributed by atoms with Gasteiger partial charge in [0.1, 0.15) is 0 Å². The quantitative estimate of drug-likeness (QED) is 0.267. The summed E-state index contributed by atoms with van der Waals surface area (Å²) in [6.45, 7) is 8.51. The van der Waals surface area contributed by atoms with Gasteiger partial charge < -0.3 is 30.4 Å². The van der Waals surface area contributed by atoms with Gasteiger partial charge in [-0.25, -0.2) is 0 Å². The van der Waals surface area contributed by atoms with Crippen molar-refractivity contribution < 1.29 is 28.9 Å². The van der Waals surface area contributed by atoms with Crippen molar-refractivity contribution in [1.29, 1.82) is 0 Å². The fourth-order valence-corrected chi connectivity index (χ4v) is 4.80. The number of allylic oxidation sites excluding steroid dienone is 2. The second-order valence-corrected chi connectivity index (χ2v) is 10.2. The first-order chi connectivity index (χ1) is 16.0. The molecule has 2 amide bonds. The number of carbonyl (C=O) groups excluding carboxylic acids is 2. The minimum Gasteiger partial charge on any atom is -0.389 e. The van der Waals surface area contributed by atoms with Crippen LogP contribution in [0.1, 0.15) is 59.8 Å². The standard InChI is InChI=1S/C26H40N2O6/c1-16(5-8-20-13-26(15-32-26)14-21(34-20)12-24(27)30)6-9-23-17(2)11-22(19(4)33-23)28-25(31)10-7-18(3)29/h5-8,10,17-23,29H,9,11-15H2,1-4H3,(H2,27,30)(H,28,31). The predicted molar refractivity (Wildman–Crippen MR) is 129 cm³/mol. The highest BCUT2D eigenvalue weighted by Crippen LogP contribution is 2.43. The molecule has 4 N–H and O–H groups in total. The highest BCUT2D eigenvalue weighted by molar-refractivity contribution is 5.87. The molecule has 3 fully saturated rings. The highest BCUT2D eigenvalue weighted by Gasteiger charge is 2.51. The predicted octanol–water partition coefficient (Wildman–Crippen LogP) is 2.31. The maximum absolute atomic E-state index is 12.1. The Morgan fingerprint density at radius 3 is 2.62 bits per heavy atom. The van der Waals surface area contributed by atoms with E-state index in [1.807, 2.05) is 13.0 Å². The Morgan fingerprint density at radius 2 is 1.97 bits per heavy atom. The molecule has 1 spiro atoms. The lowest BCUT2D eigenvalue weighted by atomic mass is 9.88. The number of hydrogen-bond donors (Lipinski definition) is 3. The summed E-state index contributed by atoms with van der Waals surface area (Å²) in [5.74, 6) is -0.275. The Morgan fingerprint density at radius 1 is 1.24 bits per heavy atom. The van der Waals surface area contributed by atoms with E-state index in [0.717, 1.165) is 37.9 Å². The number of ether oxygens (including phenoxy) is 3. The Kier molecular flexibility index (Phi) is 9.09. The van der Waals surface area contributed by atoms with E-state index in [9.17, 15) is 14.7 Å². The molecule has 0 aromatic rings. The third-order valence-electron chi connectivity index (χ3n) is 6.84. The number of carbonyl (C=O) groups is 2. The molecule has 0 aromatic heterocycles. The summed E-state index contributed by atoms with van der Waals surface area (Å²) < 4.78 is 17.9. The first-order valence-electron chi connectivity index (χ1n) is 12.3. The zero-order valence-electron chi connectivity index (χ0n) is 20.7. The average molecular weight is 477 g/mol. The van der Waals surface area contributed by atoms with Gasteiger partial charge in [0, 0.05) is 18.9 Å². The second-order valence-electron chi connectivity index (χ2n) is 10.2. The van der Waals surface area contributed by atoms with E-state index >= 15 is 0 Å². The van der Waals surface area contributed by atoms with Crippen LogP contribution >= 0.6 is 0 Å². The van der Waals surface area contributed by atoms with Gasteiger partial charge in [-0.1, -0.05) is 36.8 Å². The lowest BCUT2D eigenvalue weighted by molar-refractivity contribution is -0.125. The summed E-state index contributed by atoms with van der Waals surface area (Å²) in [7, 11) is 0. The van der Waals surface area contributed by atoms with E-state index < -0.39 is 6.10 Å². The molecule has 3 rings (SSSR count). The Bertz CT molecular complexity index is 816. The van der Waals surface area contributed by atoms with Crippen molar-refractivity contribution in [3.05, 3.63) is 36.0 Å². The van der Waals surface area contributed by atoms with Crippen molar-refractivity contribution in [1.82, 2.24) is 5.32 Å². The number of amides is 2. The molecular formula is C26H40N2O6. The molecular weight excluding hydrogens is 436 g/mol. The molecule has 34 heavy (non-hydrogen) atoms. The van der Waals surface area contributed by atoms with E-state index in [0.29, 0.717) is 5.92 Å². The van der Waals surface area contributed by atoms with E-state index in [1.54, 1.807) is 6.92 Å². The molecule has 0 aromatic carbocycles. The smallest absolute Gasteiger partial charge is 0.244 e. The molecule has 8 atom stereocenters. The van der Waals surface area contributed by atoms with Gasteiger partial charge in [0.25, 0.3) is 0 Å². The largest absolute Gasteiger partial charge is 0.389 e. The van der Waals surface area contributed by atoms with Crippen LogP contribution in [0.15, 0.2) is 36.0 Å². The summed E-state index contributed by atoms with van der Waals surface area (Å²) in [6.07, 6.45) is 11.5. The minimum atomic E-state index is -0.650. The van der Waals surface area contributed by atoms with Crippen LogP contribution in [0.2, 0.25) is 0 Å². The molecule has 0 aliphatic carbocycles. The molecule has 3 aliphatic rings. The highest BCUT2D eigenvalue weighted by atomic mass is 16.6. The SMILES string of the molecule is CC(C=CC1CC2(CO2)CC(CC(N)=O)O1)=CCC1OC(C)C(NC(=O)C=CC(C)O)CC1C. The fraction of sp³-hybridized carbons (Fsp3) is 0.692. The molecule has 0 bridgehead atoms. The molecule has 8 heteroatoms. The zero-order valence-corrected chi connectivity index (χ0v) is 20.7. The van der Waals surface area contributed by atoms with Crippen LogP contribution < -0.4 is 11.1 Å². The van der Waals surface area contributed by atoms with Crippen LogP contribution in [-0.4, -0.2) is 65.7 Å². The maximum atomic E-state index is 12.1. The van der Waals surface area contributed by atoms with E-state index in [-0.39, 0.29) is 54.3 Å². The molecule has 8 unspecified atom stereocenters. The molecule has 3 aliphatic heterocycles. The van der Waals surface area contributed by atoms with Crippen LogP contribution in [-0.2, 0) is 23.8 Å². The van der Waals surface area contributed by atoms with E-state index in [4.69, 9.17) is 19.9 Å². The third kappa shape index (κ3) is 8.05. The number of nitrogens with two attached hydrogens (primary N) is 1. The lowest BCUT2D eigenvalue weighted by Crippen LogP contribution is -2.50. The van der Waals surface area contributed by atoms with Gasteiger partial charge >= 0.3 is 0 Å². The van der Waals surface area contributed by atoms with Gasteiger partial charge in [-0.05, 0) is 39.5 Å². The molecule has 8 nitrogen and oxygen atoms in total. The van der Waals surface area contributed by atoms with Crippen molar-refractivity contribution in [3.8, 4) is 0 Å². The van der Waals surface area contributed by atoms with Gasteiger partial charge in [0.2, 0.25) is 11.8 Å². The van der Waals surface area contributed by atoms with Crippen LogP contribution in [0, 0.1) is 5.92 Å². The molecule has 3 heterocycles. The van der Waals surface area contributed by atoms with Crippen LogP contribution in [0.5, 0.6) is 0 Å². The third-order valence-corrected chi connectivity index (χ3v) is 6.84. The first kappa shape index (κ1) is 26.6. The number of primary amides is 1. The minimum absolute atomic E-state index is 0.0591. The van der Waals surface area contributed by atoms with Gasteiger partial charge in [-0.3, -0.25) is 9.59 Å². The number of hydrogen-bond acceptors (Lipinski definition) is 6. The topological polar surface area (TPSA) is 123 Å². The monoisotopic (exact) mass is 476 g/mol. The summed E-state index contributed by atoms with van der Waals surface area (Å²) in [5.41, 5.74) is 6.33. The van der Waals surface area contributed by atoms with Crippen LogP contribution in [0.25, 0.3) is 0 Å². The lowest BCUT2D eigenvalue weighted by Gasteiger charge is -2.39. The van der Waals surface area contributed by atoms with Gasteiger partial charge in [0.15, 0.2) is 0 Å². The molecule has 3 saturated heterocycles.